The summed E-state index contributed by atoms with van der Waals surface area (Å²) in [6.07, 6.45) is 1.05. The normalized spacial score (nSPS) is 10.7. The van der Waals surface area contributed by atoms with Crippen molar-refractivity contribution in [2.75, 3.05) is 12.4 Å². The number of rotatable bonds is 8. The maximum absolute atomic E-state index is 12.5. The third-order valence-corrected chi connectivity index (χ3v) is 5.29. The molecule has 0 atom stereocenters. The second-order valence-corrected chi connectivity index (χ2v) is 7.61. The molecule has 4 aromatic rings. The van der Waals surface area contributed by atoms with Gasteiger partial charge in [-0.25, -0.2) is 0 Å². The number of hydrogen-bond acceptors (Lipinski definition) is 5. The number of carbonyl (C=O) groups is 2. The van der Waals surface area contributed by atoms with Gasteiger partial charge in [-0.15, -0.1) is 0 Å². The third-order valence-electron chi connectivity index (χ3n) is 5.29. The summed E-state index contributed by atoms with van der Waals surface area (Å²) in [6, 6.07) is 22.7. The smallest absolute Gasteiger partial charge is 0.224 e. The molecule has 166 valence electrons. The van der Waals surface area contributed by atoms with Crippen molar-refractivity contribution in [2.45, 2.75) is 19.3 Å². The molecule has 33 heavy (non-hydrogen) atoms. The maximum atomic E-state index is 12.5. The van der Waals surface area contributed by atoms with Gasteiger partial charge in [-0.1, -0.05) is 30.3 Å². The third kappa shape index (κ3) is 5.36. The predicted molar refractivity (Wildman–Crippen MR) is 128 cm³/mol. The largest absolute Gasteiger partial charge is 0.497 e. The van der Waals surface area contributed by atoms with Crippen LogP contribution in [0.15, 0.2) is 88.1 Å². The molecule has 0 aliphatic heterocycles. The molecule has 6 nitrogen and oxygen atoms in total. The molecular formula is C27H23NO5. The Morgan fingerprint density at radius 3 is 2.39 bits per heavy atom. The molecule has 1 amide bonds. The highest BCUT2D eigenvalue weighted by Gasteiger charge is 2.10. The Hall–Kier alpha value is -4.19. The van der Waals surface area contributed by atoms with E-state index in [1.807, 2.05) is 18.2 Å². The molecule has 1 aromatic heterocycles. The van der Waals surface area contributed by atoms with Crippen molar-refractivity contribution in [3.8, 4) is 17.1 Å². The summed E-state index contributed by atoms with van der Waals surface area (Å²) in [5, 5.41) is 3.28. The molecule has 0 bridgehead atoms. The van der Waals surface area contributed by atoms with E-state index in [0.717, 1.165) is 5.56 Å². The quantitative estimate of drug-likeness (QED) is 0.367. The number of anilines is 1. The van der Waals surface area contributed by atoms with Crippen LogP contribution in [0, 0.1) is 0 Å². The van der Waals surface area contributed by atoms with Gasteiger partial charge in [0, 0.05) is 35.7 Å². The molecule has 0 saturated heterocycles. The van der Waals surface area contributed by atoms with Crippen LogP contribution in [-0.4, -0.2) is 18.8 Å². The van der Waals surface area contributed by atoms with Crippen molar-refractivity contribution in [1.82, 2.24) is 0 Å². The molecule has 4 rings (SSSR count). The van der Waals surface area contributed by atoms with Crippen molar-refractivity contribution in [3.63, 3.8) is 0 Å². The molecule has 0 aliphatic rings. The monoisotopic (exact) mass is 441 g/mol. The number of methoxy groups -OCH3 is 1. The topological polar surface area (TPSA) is 85.6 Å². The van der Waals surface area contributed by atoms with Crippen molar-refractivity contribution in [3.05, 3.63) is 94.6 Å². The van der Waals surface area contributed by atoms with Crippen LogP contribution in [0.1, 0.15) is 29.6 Å². The first-order valence-electron chi connectivity index (χ1n) is 10.6. The molecule has 1 heterocycles. The summed E-state index contributed by atoms with van der Waals surface area (Å²) in [7, 11) is 1.54. The zero-order chi connectivity index (χ0) is 23.2. The number of carbonyl (C=O) groups excluding carboxylic acids is 2. The Morgan fingerprint density at radius 1 is 0.909 bits per heavy atom. The average molecular weight is 441 g/mol. The minimum Gasteiger partial charge on any atom is -0.497 e. The molecular weight excluding hydrogens is 418 g/mol. The first-order valence-corrected chi connectivity index (χ1v) is 10.6. The van der Waals surface area contributed by atoms with Crippen molar-refractivity contribution < 1.29 is 18.7 Å². The van der Waals surface area contributed by atoms with E-state index in [9.17, 15) is 14.4 Å². The van der Waals surface area contributed by atoms with Crippen LogP contribution >= 0.6 is 0 Å². The highest BCUT2D eigenvalue weighted by molar-refractivity contribution is 5.96. The minimum absolute atomic E-state index is 0.0306. The van der Waals surface area contributed by atoms with Crippen LogP contribution in [0.5, 0.6) is 5.75 Å². The fourth-order valence-corrected chi connectivity index (χ4v) is 3.52. The highest BCUT2D eigenvalue weighted by Crippen LogP contribution is 2.25. The number of ketones is 1. The zero-order valence-electron chi connectivity index (χ0n) is 18.2. The number of ether oxygens (including phenoxy) is 1. The van der Waals surface area contributed by atoms with Crippen LogP contribution in [0.3, 0.4) is 0 Å². The van der Waals surface area contributed by atoms with E-state index in [4.69, 9.17) is 9.15 Å². The Balaban J connectivity index is 1.36. The number of benzene rings is 3. The number of nitrogens with one attached hydrogen (secondary N) is 1. The predicted octanol–water partition coefficient (Wildman–Crippen LogP) is 5.46. The summed E-state index contributed by atoms with van der Waals surface area (Å²) in [5.41, 5.74) is 2.32. The van der Waals surface area contributed by atoms with E-state index in [1.165, 1.54) is 6.07 Å². The Labute approximate surface area is 190 Å². The van der Waals surface area contributed by atoms with Gasteiger partial charge in [-0.05, 0) is 48.9 Å². The van der Waals surface area contributed by atoms with Crippen molar-refractivity contribution >= 4 is 28.3 Å². The van der Waals surface area contributed by atoms with E-state index >= 15 is 0 Å². The van der Waals surface area contributed by atoms with Gasteiger partial charge in [0.1, 0.15) is 17.1 Å². The molecule has 0 spiro atoms. The van der Waals surface area contributed by atoms with Crippen LogP contribution in [-0.2, 0) is 4.79 Å². The zero-order valence-corrected chi connectivity index (χ0v) is 18.2. The first kappa shape index (κ1) is 22.0. The molecule has 0 unspecified atom stereocenters. The Morgan fingerprint density at radius 2 is 1.67 bits per heavy atom. The van der Waals surface area contributed by atoms with Gasteiger partial charge in [0.2, 0.25) is 5.91 Å². The highest BCUT2D eigenvalue weighted by atomic mass is 16.5. The van der Waals surface area contributed by atoms with Gasteiger partial charge in [-0.2, -0.15) is 0 Å². The minimum atomic E-state index is -0.160. The standard InChI is InChI=1S/C27H23NO5/c1-32-21-14-15-25-22(16-21)24(30)17-26(33-25)19-10-12-20(13-11-19)28-27(31)9-5-8-23(29)18-6-3-2-4-7-18/h2-4,6-7,10-17H,5,8-9H2,1H3,(H,28,31). The average Bonchev–Trinajstić information content (AvgIpc) is 2.84. The summed E-state index contributed by atoms with van der Waals surface area (Å²) < 4.78 is 11.0. The SMILES string of the molecule is COc1ccc2oc(-c3ccc(NC(=O)CCCC(=O)c4ccccc4)cc3)cc(=O)c2c1. The Kier molecular flexibility index (Phi) is 6.64. The second-order valence-electron chi connectivity index (χ2n) is 7.61. The lowest BCUT2D eigenvalue weighted by atomic mass is 10.1. The van der Waals surface area contributed by atoms with Crippen molar-refractivity contribution in [2.24, 2.45) is 0 Å². The summed E-state index contributed by atoms with van der Waals surface area (Å²) in [5.74, 6) is 0.903. The lowest BCUT2D eigenvalue weighted by Crippen LogP contribution is -2.12. The van der Waals surface area contributed by atoms with Gasteiger partial charge in [-0.3, -0.25) is 14.4 Å². The molecule has 0 fully saturated rings. The second kappa shape index (κ2) is 9.96. The number of fused-ring (bicyclic) bond motifs is 1. The van der Waals surface area contributed by atoms with Crippen LogP contribution in [0.4, 0.5) is 5.69 Å². The fourth-order valence-electron chi connectivity index (χ4n) is 3.52. The van der Waals surface area contributed by atoms with E-state index in [0.29, 0.717) is 46.6 Å². The van der Waals surface area contributed by atoms with Crippen molar-refractivity contribution in [1.29, 1.82) is 0 Å². The fraction of sp³-hybridized carbons (Fsp3) is 0.148. The molecule has 6 heteroatoms. The molecule has 0 saturated carbocycles. The van der Waals surface area contributed by atoms with Gasteiger partial charge in [0.15, 0.2) is 11.2 Å². The van der Waals surface area contributed by atoms with Gasteiger partial charge < -0.3 is 14.5 Å². The van der Waals surface area contributed by atoms with E-state index in [1.54, 1.807) is 61.7 Å². The Bertz CT molecular complexity index is 1340. The van der Waals surface area contributed by atoms with Crippen LogP contribution in [0.2, 0.25) is 0 Å². The summed E-state index contributed by atoms with van der Waals surface area (Å²) >= 11 is 0. The van der Waals surface area contributed by atoms with E-state index < -0.39 is 0 Å². The lowest BCUT2D eigenvalue weighted by molar-refractivity contribution is -0.116. The summed E-state index contributed by atoms with van der Waals surface area (Å²) in [6.45, 7) is 0. The molecule has 1 N–H and O–H groups in total. The first-order chi connectivity index (χ1) is 16.0. The van der Waals surface area contributed by atoms with Gasteiger partial charge in [0.25, 0.3) is 0 Å². The maximum Gasteiger partial charge on any atom is 0.224 e. The molecule has 0 aliphatic carbocycles. The molecule has 3 aromatic carbocycles. The van der Waals surface area contributed by atoms with E-state index in [-0.39, 0.29) is 23.5 Å². The molecule has 0 radical (unpaired) electrons. The number of Topliss-reactive ketones (excluding diaryl/α,β-unsaturated/α-hetero) is 1. The number of amides is 1. The van der Waals surface area contributed by atoms with Crippen LogP contribution in [0.25, 0.3) is 22.3 Å². The number of hydrogen-bond donors (Lipinski definition) is 1. The van der Waals surface area contributed by atoms with Gasteiger partial charge >= 0.3 is 0 Å². The lowest BCUT2D eigenvalue weighted by Gasteiger charge is -2.08. The van der Waals surface area contributed by atoms with Gasteiger partial charge in [0.05, 0.1) is 12.5 Å². The van der Waals surface area contributed by atoms with Crippen LogP contribution < -0.4 is 15.5 Å². The van der Waals surface area contributed by atoms with E-state index in [2.05, 4.69) is 5.32 Å². The summed E-state index contributed by atoms with van der Waals surface area (Å²) in [4.78, 5) is 36.9.